The molecular formula is C12H17ClF3N3O3S. The van der Waals surface area contributed by atoms with E-state index in [1.165, 1.54) is 10.4 Å². The van der Waals surface area contributed by atoms with Crippen molar-refractivity contribution in [1.82, 2.24) is 14.6 Å². The molecule has 1 fully saturated rings. The third-order valence-electron chi connectivity index (χ3n) is 3.06. The van der Waals surface area contributed by atoms with E-state index in [0.717, 1.165) is 12.3 Å². The molecule has 0 radical (unpaired) electrons. The molecule has 1 saturated heterocycles. The van der Waals surface area contributed by atoms with E-state index < -0.39 is 22.8 Å². The normalized spacial score (nSPS) is 19.9. The Bertz CT molecular complexity index is 610. The van der Waals surface area contributed by atoms with Gasteiger partial charge in [-0.25, -0.2) is 13.4 Å². The van der Waals surface area contributed by atoms with Gasteiger partial charge in [0.15, 0.2) is 6.61 Å². The molecule has 11 heteroatoms. The lowest BCUT2D eigenvalue weighted by atomic mass is 10.3. The fourth-order valence-corrected chi connectivity index (χ4v) is 3.50. The Kier molecular flexibility index (Phi) is 6.63. The van der Waals surface area contributed by atoms with Gasteiger partial charge in [0.25, 0.3) is 0 Å². The first-order valence-electron chi connectivity index (χ1n) is 6.57. The first kappa shape index (κ1) is 19.9. The van der Waals surface area contributed by atoms with Gasteiger partial charge >= 0.3 is 6.18 Å². The van der Waals surface area contributed by atoms with E-state index in [1.807, 2.05) is 6.92 Å². The first-order chi connectivity index (χ1) is 10.2. The third-order valence-corrected chi connectivity index (χ3v) is 4.91. The summed E-state index contributed by atoms with van der Waals surface area (Å²) < 4.78 is 66.6. The number of ether oxygens (including phenoxy) is 1. The van der Waals surface area contributed by atoms with Gasteiger partial charge in [-0.2, -0.15) is 17.5 Å². The molecule has 1 aromatic heterocycles. The van der Waals surface area contributed by atoms with Crippen molar-refractivity contribution in [2.45, 2.75) is 24.0 Å². The highest BCUT2D eigenvalue weighted by Crippen LogP contribution is 2.20. The van der Waals surface area contributed by atoms with Gasteiger partial charge in [-0.15, -0.1) is 12.4 Å². The Morgan fingerprint density at radius 2 is 2.13 bits per heavy atom. The Labute approximate surface area is 138 Å². The Hall–Kier alpha value is -1.10. The molecule has 2 rings (SSSR count). The molecule has 0 aliphatic carbocycles. The van der Waals surface area contributed by atoms with Crippen LogP contribution in [0.4, 0.5) is 13.2 Å². The average Bonchev–Trinajstić information content (AvgIpc) is 2.45. The quantitative estimate of drug-likeness (QED) is 0.862. The van der Waals surface area contributed by atoms with Gasteiger partial charge in [-0.1, -0.05) is 0 Å². The molecule has 1 N–H and O–H groups in total. The Morgan fingerprint density at radius 1 is 1.43 bits per heavy atom. The van der Waals surface area contributed by atoms with Crippen LogP contribution in [0.3, 0.4) is 0 Å². The van der Waals surface area contributed by atoms with E-state index in [2.05, 4.69) is 15.0 Å². The van der Waals surface area contributed by atoms with Crippen molar-refractivity contribution in [2.75, 3.05) is 26.2 Å². The van der Waals surface area contributed by atoms with Crippen LogP contribution in [0.25, 0.3) is 0 Å². The number of halogens is 4. The van der Waals surface area contributed by atoms with Gasteiger partial charge in [0.05, 0.1) is 6.20 Å². The Morgan fingerprint density at radius 3 is 2.65 bits per heavy atom. The lowest BCUT2D eigenvalue weighted by Gasteiger charge is -2.30. The molecule has 0 bridgehead atoms. The smallest absolute Gasteiger partial charge is 0.422 e. The fourth-order valence-electron chi connectivity index (χ4n) is 2.02. The molecule has 1 aliphatic rings. The zero-order chi connectivity index (χ0) is 16.4. The predicted molar refractivity (Wildman–Crippen MR) is 79.3 cm³/mol. The number of rotatable bonds is 4. The third kappa shape index (κ3) is 5.48. The lowest BCUT2D eigenvalue weighted by Crippen LogP contribution is -2.51. The molecule has 2 heterocycles. The van der Waals surface area contributed by atoms with Crippen molar-refractivity contribution in [1.29, 1.82) is 0 Å². The van der Waals surface area contributed by atoms with Crippen LogP contribution in [0.1, 0.15) is 6.92 Å². The lowest BCUT2D eigenvalue weighted by molar-refractivity contribution is -0.154. The zero-order valence-electron chi connectivity index (χ0n) is 12.2. The van der Waals surface area contributed by atoms with E-state index in [1.54, 1.807) is 0 Å². The number of aromatic nitrogens is 1. The van der Waals surface area contributed by atoms with Crippen LogP contribution < -0.4 is 10.1 Å². The van der Waals surface area contributed by atoms with Gasteiger partial charge < -0.3 is 10.1 Å². The summed E-state index contributed by atoms with van der Waals surface area (Å²) in [5.74, 6) is -0.273. The topological polar surface area (TPSA) is 71.5 Å². The van der Waals surface area contributed by atoms with Gasteiger partial charge in [-0.05, 0) is 13.0 Å². The molecule has 132 valence electrons. The van der Waals surface area contributed by atoms with E-state index in [4.69, 9.17) is 0 Å². The molecule has 0 amide bonds. The number of piperazine rings is 1. The highest BCUT2D eigenvalue weighted by molar-refractivity contribution is 7.89. The van der Waals surface area contributed by atoms with Crippen LogP contribution in [0.2, 0.25) is 0 Å². The standard InChI is InChI=1S/C12H16F3N3O3S.ClH/c1-9-7-18(5-4-16-9)22(19,20)10-2-3-11(17-6-10)21-8-12(13,14)15;/h2-3,6,9,16H,4-5,7-8H2,1H3;1H. The number of pyridine rings is 1. The molecule has 1 aromatic rings. The summed E-state index contributed by atoms with van der Waals surface area (Å²) in [6.07, 6.45) is -3.46. The van der Waals surface area contributed by atoms with Crippen molar-refractivity contribution >= 4 is 22.4 Å². The molecule has 0 spiro atoms. The maximum atomic E-state index is 12.4. The van der Waals surface area contributed by atoms with Crippen LogP contribution in [-0.4, -0.2) is 56.2 Å². The number of hydrogen-bond donors (Lipinski definition) is 1. The summed E-state index contributed by atoms with van der Waals surface area (Å²) in [6.45, 7) is 1.60. The van der Waals surface area contributed by atoms with Gasteiger partial charge in [0.1, 0.15) is 4.90 Å². The van der Waals surface area contributed by atoms with Gasteiger partial charge in [-0.3, -0.25) is 0 Å². The van der Waals surface area contributed by atoms with E-state index >= 15 is 0 Å². The predicted octanol–water partition coefficient (Wildman–Crippen LogP) is 1.43. The highest BCUT2D eigenvalue weighted by atomic mass is 35.5. The first-order valence-corrected chi connectivity index (χ1v) is 8.01. The van der Waals surface area contributed by atoms with Crippen LogP contribution in [0.15, 0.2) is 23.2 Å². The minimum Gasteiger partial charge on any atom is -0.468 e. The van der Waals surface area contributed by atoms with Crippen molar-refractivity contribution in [3.63, 3.8) is 0 Å². The number of hydrogen-bond acceptors (Lipinski definition) is 5. The summed E-state index contributed by atoms with van der Waals surface area (Å²) in [7, 11) is -3.70. The van der Waals surface area contributed by atoms with Gasteiger partial charge in [0, 0.05) is 31.7 Å². The average molecular weight is 376 g/mol. The van der Waals surface area contributed by atoms with Crippen LogP contribution in [0, 0.1) is 0 Å². The second kappa shape index (κ2) is 7.65. The molecule has 1 aliphatic heterocycles. The van der Waals surface area contributed by atoms with E-state index in [-0.39, 0.29) is 29.2 Å². The highest BCUT2D eigenvalue weighted by Gasteiger charge is 2.30. The molecular weight excluding hydrogens is 359 g/mol. The molecule has 1 unspecified atom stereocenters. The van der Waals surface area contributed by atoms with E-state index in [9.17, 15) is 21.6 Å². The molecule has 0 aromatic carbocycles. The SMILES string of the molecule is CC1CN(S(=O)(=O)c2ccc(OCC(F)(F)F)nc2)CCN1.Cl. The summed E-state index contributed by atoms with van der Waals surface area (Å²) >= 11 is 0. The summed E-state index contributed by atoms with van der Waals surface area (Å²) in [5.41, 5.74) is 0. The van der Waals surface area contributed by atoms with Gasteiger partial charge in [0.2, 0.25) is 15.9 Å². The Balaban J connectivity index is 0.00000264. The monoisotopic (exact) mass is 375 g/mol. The van der Waals surface area contributed by atoms with Crippen molar-refractivity contribution in [3.05, 3.63) is 18.3 Å². The van der Waals surface area contributed by atoms with Crippen molar-refractivity contribution < 1.29 is 26.3 Å². The van der Waals surface area contributed by atoms with Crippen molar-refractivity contribution in [3.8, 4) is 5.88 Å². The number of sulfonamides is 1. The summed E-state index contributed by atoms with van der Waals surface area (Å²) in [4.78, 5) is 3.55. The number of alkyl halides is 3. The maximum Gasteiger partial charge on any atom is 0.422 e. The summed E-state index contributed by atoms with van der Waals surface area (Å²) in [6, 6.07) is 2.34. The number of nitrogens with one attached hydrogen (secondary N) is 1. The largest absolute Gasteiger partial charge is 0.468 e. The minimum absolute atomic E-state index is 0. The van der Waals surface area contributed by atoms with E-state index in [0.29, 0.717) is 19.6 Å². The molecule has 1 atom stereocenters. The second-order valence-electron chi connectivity index (χ2n) is 4.95. The second-order valence-corrected chi connectivity index (χ2v) is 6.89. The zero-order valence-corrected chi connectivity index (χ0v) is 13.8. The fraction of sp³-hybridized carbons (Fsp3) is 0.583. The van der Waals surface area contributed by atoms with Crippen LogP contribution >= 0.6 is 12.4 Å². The molecule has 23 heavy (non-hydrogen) atoms. The van der Waals surface area contributed by atoms with Crippen LogP contribution in [0.5, 0.6) is 5.88 Å². The maximum absolute atomic E-state index is 12.4. The van der Waals surface area contributed by atoms with Crippen LogP contribution in [-0.2, 0) is 10.0 Å². The minimum atomic E-state index is -4.47. The summed E-state index contributed by atoms with van der Waals surface area (Å²) in [5, 5.41) is 3.13. The molecule has 6 nitrogen and oxygen atoms in total. The molecule has 0 saturated carbocycles. The van der Waals surface area contributed by atoms with Crippen molar-refractivity contribution in [2.24, 2.45) is 0 Å². The number of nitrogens with zero attached hydrogens (tertiary/aromatic N) is 2.